The van der Waals surface area contributed by atoms with Crippen LogP contribution < -0.4 is 0 Å². The van der Waals surface area contributed by atoms with Crippen LogP contribution in [0.5, 0.6) is 0 Å². The molecule has 17 heavy (non-hydrogen) atoms. The van der Waals surface area contributed by atoms with Crippen LogP contribution in [0.1, 0.15) is 12.5 Å². The first-order valence-corrected chi connectivity index (χ1v) is 5.66. The number of allylic oxidation sites excluding steroid dienone is 1. The van der Waals surface area contributed by atoms with E-state index in [2.05, 4.69) is 25.4 Å². The van der Waals surface area contributed by atoms with Crippen LogP contribution in [0.25, 0.3) is 5.57 Å². The molecule has 4 nitrogen and oxygen atoms in total. The van der Waals surface area contributed by atoms with Gasteiger partial charge < -0.3 is 9.47 Å². The molecule has 0 bridgehead atoms. The number of nitriles is 1. The summed E-state index contributed by atoms with van der Waals surface area (Å²) in [4.78, 5) is 10.9. The maximum absolute atomic E-state index is 10.9. The van der Waals surface area contributed by atoms with Gasteiger partial charge in [-0.05, 0) is 24.6 Å². The van der Waals surface area contributed by atoms with Crippen molar-refractivity contribution in [1.82, 2.24) is 0 Å². The van der Waals surface area contributed by atoms with E-state index in [9.17, 15) is 4.79 Å². The van der Waals surface area contributed by atoms with Crippen molar-refractivity contribution in [2.24, 2.45) is 0 Å². The Morgan fingerprint density at radius 3 is 2.65 bits per heavy atom. The Kier molecular flexibility index (Phi) is 5.24. The van der Waals surface area contributed by atoms with E-state index in [0.29, 0.717) is 5.56 Å². The summed E-state index contributed by atoms with van der Waals surface area (Å²) in [6, 6.07) is 9.03. The lowest BCUT2D eigenvalue weighted by Gasteiger charge is -2.01. The van der Waals surface area contributed by atoms with Gasteiger partial charge in [-0.2, -0.15) is 5.26 Å². The standard InChI is InChI=1S/C12H10BrNO3/c1-2-16-12(15)17-8-10(7-14)9-3-5-11(13)6-4-9/h3-6,8H,2H2,1H3. The number of nitrogens with zero attached hydrogens (tertiary/aromatic N) is 1. The van der Waals surface area contributed by atoms with Gasteiger partial charge in [0.25, 0.3) is 0 Å². The van der Waals surface area contributed by atoms with Crippen molar-refractivity contribution in [2.75, 3.05) is 6.61 Å². The van der Waals surface area contributed by atoms with Gasteiger partial charge >= 0.3 is 6.16 Å². The molecule has 0 aromatic heterocycles. The Labute approximate surface area is 108 Å². The fraction of sp³-hybridized carbons (Fsp3) is 0.167. The normalized spacial score (nSPS) is 10.5. The van der Waals surface area contributed by atoms with Crippen molar-refractivity contribution in [1.29, 1.82) is 5.26 Å². The van der Waals surface area contributed by atoms with Gasteiger partial charge in [0.1, 0.15) is 12.3 Å². The summed E-state index contributed by atoms with van der Waals surface area (Å²) in [5.74, 6) is 0. The summed E-state index contributed by atoms with van der Waals surface area (Å²) >= 11 is 3.29. The van der Waals surface area contributed by atoms with E-state index < -0.39 is 6.16 Å². The van der Waals surface area contributed by atoms with E-state index in [1.165, 1.54) is 0 Å². The number of carbonyl (C=O) groups is 1. The number of rotatable bonds is 3. The Bertz CT molecular complexity index is 460. The zero-order valence-electron chi connectivity index (χ0n) is 9.14. The number of benzene rings is 1. The third kappa shape index (κ3) is 4.29. The third-order valence-electron chi connectivity index (χ3n) is 1.81. The van der Waals surface area contributed by atoms with E-state index in [-0.39, 0.29) is 12.2 Å². The van der Waals surface area contributed by atoms with E-state index in [1.807, 2.05) is 6.07 Å². The molecule has 0 atom stereocenters. The molecule has 0 aliphatic heterocycles. The zero-order valence-corrected chi connectivity index (χ0v) is 10.7. The molecule has 0 N–H and O–H groups in total. The number of hydrogen-bond acceptors (Lipinski definition) is 4. The first-order chi connectivity index (χ1) is 8.17. The first-order valence-electron chi connectivity index (χ1n) is 4.87. The Morgan fingerprint density at radius 1 is 1.47 bits per heavy atom. The highest BCUT2D eigenvalue weighted by Gasteiger charge is 2.04. The second-order valence-corrected chi connectivity index (χ2v) is 3.87. The third-order valence-corrected chi connectivity index (χ3v) is 2.34. The second kappa shape index (κ2) is 6.71. The molecule has 0 aliphatic rings. The van der Waals surface area contributed by atoms with Gasteiger partial charge in [0.2, 0.25) is 0 Å². The summed E-state index contributed by atoms with van der Waals surface area (Å²) in [5.41, 5.74) is 0.922. The monoisotopic (exact) mass is 295 g/mol. The summed E-state index contributed by atoms with van der Waals surface area (Å²) in [5, 5.41) is 8.93. The lowest BCUT2D eigenvalue weighted by atomic mass is 10.1. The van der Waals surface area contributed by atoms with E-state index in [4.69, 9.17) is 5.26 Å². The van der Waals surface area contributed by atoms with Crippen LogP contribution in [0, 0.1) is 11.3 Å². The molecular weight excluding hydrogens is 286 g/mol. The van der Waals surface area contributed by atoms with Crippen LogP contribution in [0.2, 0.25) is 0 Å². The first kappa shape index (κ1) is 13.3. The second-order valence-electron chi connectivity index (χ2n) is 2.95. The molecule has 0 radical (unpaired) electrons. The molecule has 0 saturated heterocycles. The van der Waals surface area contributed by atoms with Gasteiger partial charge in [0, 0.05) is 4.47 Å². The van der Waals surface area contributed by atoms with E-state index >= 15 is 0 Å². The molecule has 0 saturated carbocycles. The fourth-order valence-electron chi connectivity index (χ4n) is 1.05. The molecule has 0 fully saturated rings. The van der Waals surface area contributed by atoms with Crippen LogP contribution >= 0.6 is 15.9 Å². The van der Waals surface area contributed by atoms with Crippen LogP contribution in [-0.2, 0) is 9.47 Å². The molecule has 0 unspecified atom stereocenters. The largest absolute Gasteiger partial charge is 0.513 e. The summed E-state index contributed by atoms with van der Waals surface area (Å²) < 4.78 is 10.1. The van der Waals surface area contributed by atoms with Crippen molar-refractivity contribution >= 4 is 27.7 Å². The van der Waals surface area contributed by atoms with Crippen LogP contribution in [-0.4, -0.2) is 12.8 Å². The molecule has 0 heterocycles. The van der Waals surface area contributed by atoms with Gasteiger partial charge in [0.05, 0.1) is 12.2 Å². The molecule has 1 rings (SSSR count). The lowest BCUT2D eigenvalue weighted by Crippen LogP contribution is -2.02. The average Bonchev–Trinajstić information content (AvgIpc) is 2.32. The van der Waals surface area contributed by atoms with Crippen LogP contribution in [0.3, 0.4) is 0 Å². The summed E-state index contributed by atoms with van der Waals surface area (Å²) in [6.07, 6.45) is 0.263. The highest BCUT2D eigenvalue weighted by Crippen LogP contribution is 2.17. The van der Waals surface area contributed by atoms with Gasteiger partial charge in [-0.1, -0.05) is 28.1 Å². The smallest absolute Gasteiger partial charge is 0.434 e. The minimum absolute atomic E-state index is 0.229. The molecular formula is C12H10BrNO3. The number of halogens is 1. The Morgan fingerprint density at radius 2 is 2.12 bits per heavy atom. The van der Waals surface area contributed by atoms with Crippen molar-refractivity contribution in [3.8, 4) is 6.07 Å². The maximum atomic E-state index is 10.9. The highest BCUT2D eigenvalue weighted by atomic mass is 79.9. The average molecular weight is 296 g/mol. The summed E-state index contributed by atoms with van der Waals surface area (Å²) in [7, 11) is 0. The minimum atomic E-state index is -0.822. The quantitative estimate of drug-likeness (QED) is 0.486. The molecule has 0 amide bonds. The van der Waals surface area contributed by atoms with Crippen molar-refractivity contribution in [3.63, 3.8) is 0 Å². The topological polar surface area (TPSA) is 59.3 Å². The van der Waals surface area contributed by atoms with Gasteiger partial charge in [-0.25, -0.2) is 4.79 Å². The number of ether oxygens (including phenoxy) is 2. The predicted octanol–water partition coefficient (Wildman–Crippen LogP) is 3.49. The van der Waals surface area contributed by atoms with E-state index in [1.54, 1.807) is 31.2 Å². The van der Waals surface area contributed by atoms with Crippen LogP contribution in [0.4, 0.5) is 4.79 Å². The molecule has 1 aromatic rings. The van der Waals surface area contributed by atoms with Gasteiger partial charge in [-0.15, -0.1) is 0 Å². The minimum Gasteiger partial charge on any atom is -0.434 e. The molecule has 0 aliphatic carbocycles. The van der Waals surface area contributed by atoms with Crippen molar-refractivity contribution < 1.29 is 14.3 Å². The highest BCUT2D eigenvalue weighted by molar-refractivity contribution is 9.10. The zero-order chi connectivity index (χ0) is 12.7. The summed E-state index contributed by atoms with van der Waals surface area (Å²) in [6.45, 7) is 1.90. The van der Waals surface area contributed by atoms with Crippen molar-refractivity contribution in [3.05, 3.63) is 40.6 Å². The van der Waals surface area contributed by atoms with Gasteiger partial charge in [0.15, 0.2) is 0 Å². The maximum Gasteiger partial charge on any atom is 0.513 e. The molecule has 0 spiro atoms. The molecule has 1 aromatic carbocycles. The number of carbonyl (C=O) groups excluding carboxylic acids is 1. The van der Waals surface area contributed by atoms with Crippen LogP contribution in [0.15, 0.2) is 35.0 Å². The predicted molar refractivity (Wildman–Crippen MR) is 65.8 cm³/mol. The molecule has 5 heteroatoms. The van der Waals surface area contributed by atoms with Gasteiger partial charge in [-0.3, -0.25) is 0 Å². The lowest BCUT2D eigenvalue weighted by molar-refractivity contribution is 0.0897. The number of hydrogen-bond donors (Lipinski definition) is 0. The Hall–Kier alpha value is -1.80. The van der Waals surface area contributed by atoms with E-state index in [0.717, 1.165) is 10.7 Å². The fourth-order valence-corrected chi connectivity index (χ4v) is 1.31. The SMILES string of the molecule is CCOC(=O)OC=C(C#N)c1ccc(Br)cc1. The molecule has 88 valence electrons. The Balaban J connectivity index is 2.78. The van der Waals surface area contributed by atoms with Crippen molar-refractivity contribution in [2.45, 2.75) is 6.92 Å².